The maximum atomic E-state index is 12.2. The predicted molar refractivity (Wildman–Crippen MR) is 61.8 cm³/mol. The third-order valence-electron chi connectivity index (χ3n) is 1.87. The molecule has 0 bridgehead atoms. The molecule has 0 N–H and O–H groups in total. The molecule has 0 aromatic heterocycles. The van der Waals surface area contributed by atoms with Gasteiger partial charge in [-0.2, -0.15) is 0 Å². The number of hydrogen-bond acceptors (Lipinski definition) is 4. The first kappa shape index (κ1) is 15.5. The Morgan fingerprint density at radius 1 is 1.32 bits per heavy atom. The SMILES string of the molecule is CCOC(=O)C(=O)c1ccc(Br)cc1OC(F)(F)F. The van der Waals surface area contributed by atoms with Gasteiger partial charge in [-0.15, -0.1) is 13.2 Å². The first-order valence-corrected chi connectivity index (χ1v) is 5.80. The fraction of sp³-hybridized carbons (Fsp3) is 0.273. The normalized spacial score (nSPS) is 11.0. The summed E-state index contributed by atoms with van der Waals surface area (Å²) in [6, 6.07) is 3.31. The van der Waals surface area contributed by atoms with Crippen molar-refractivity contribution in [2.75, 3.05) is 6.61 Å². The van der Waals surface area contributed by atoms with E-state index in [-0.39, 0.29) is 11.1 Å². The van der Waals surface area contributed by atoms with Gasteiger partial charge in [0.05, 0.1) is 12.2 Å². The first-order valence-electron chi connectivity index (χ1n) is 5.01. The average Bonchev–Trinajstić information content (AvgIpc) is 2.26. The summed E-state index contributed by atoms with van der Waals surface area (Å²) < 4.78 is 45.0. The molecule has 0 radical (unpaired) electrons. The van der Waals surface area contributed by atoms with E-state index in [4.69, 9.17) is 0 Å². The highest BCUT2D eigenvalue weighted by molar-refractivity contribution is 9.10. The largest absolute Gasteiger partial charge is 0.573 e. The van der Waals surface area contributed by atoms with Gasteiger partial charge in [0, 0.05) is 4.47 Å². The smallest absolute Gasteiger partial charge is 0.460 e. The number of halogens is 4. The van der Waals surface area contributed by atoms with Gasteiger partial charge in [0.1, 0.15) is 5.75 Å². The summed E-state index contributed by atoms with van der Waals surface area (Å²) >= 11 is 2.95. The number of carbonyl (C=O) groups is 2. The van der Waals surface area contributed by atoms with Gasteiger partial charge in [0.2, 0.25) is 0 Å². The number of alkyl halides is 3. The minimum atomic E-state index is -4.97. The van der Waals surface area contributed by atoms with E-state index in [0.29, 0.717) is 0 Å². The highest BCUT2D eigenvalue weighted by Crippen LogP contribution is 2.29. The van der Waals surface area contributed by atoms with Crippen LogP contribution >= 0.6 is 15.9 Å². The molecular weight excluding hydrogens is 333 g/mol. The number of rotatable bonds is 4. The summed E-state index contributed by atoms with van der Waals surface area (Å²) in [6.45, 7) is 1.41. The van der Waals surface area contributed by atoms with E-state index in [0.717, 1.165) is 12.1 Å². The van der Waals surface area contributed by atoms with Crippen molar-refractivity contribution in [3.05, 3.63) is 28.2 Å². The van der Waals surface area contributed by atoms with Crippen LogP contribution in [0, 0.1) is 0 Å². The Balaban J connectivity index is 3.13. The van der Waals surface area contributed by atoms with Crippen molar-refractivity contribution in [1.29, 1.82) is 0 Å². The second-order valence-electron chi connectivity index (χ2n) is 3.24. The monoisotopic (exact) mass is 340 g/mol. The number of hydrogen-bond donors (Lipinski definition) is 0. The summed E-state index contributed by atoms with van der Waals surface area (Å²) in [7, 11) is 0. The summed E-state index contributed by atoms with van der Waals surface area (Å²) in [6.07, 6.45) is -4.97. The van der Waals surface area contributed by atoms with E-state index >= 15 is 0 Å². The molecular formula is C11H8BrF3O4. The quantitative estimate of drug-likeness (QED) is 0.480. The third-order valence-corrected chi connectivity index (χ3v) is 2.37. The molecule has 1 aromatic rings. The molecule has 0 amide bonds. The van der Waals surface area contributed by atoms with Crippen molar-refractivity contribution in [3.63, 3.8) is 0 Å². The summed E-state index contributed by atoms with van der Waals surface area (Å²) in [5.41, 5.74) is -0.515. The molecule has 1 aromatic carbocycles. The van der Waals surface area contributed by atoms with E-state index < -0.39 is 29.4 Å². The van der Waals surface area contributed by atoms with Crippen molar-refractivity contribution in [1.82, 2.24) is 0 Å². The molecule has 19 heavy (non-hydrogen) atoms. The van der Waals surface area contributed by atoms with Crippen molar-refractivity contribution in [2.45, 2.75) is 13.3 Å². The second-order valence-corrected chi connectivity index (χ2v) is 4.15. The summed E-state index contributed by atoms with van der Waals surface area (Å²) in [5.74, 6) is -3.20. The van der Waals surface area contributed by atoms with E-state index in [1.807, 2.05) is 0 Å². The molecule has 8 heteroatoms. The van der Waals surface area contributed by atoms with Crippen LogP contribution < -0.4 is 4.74 Å². The molecule has 0 aliphatic heterocycles. The van der Waals surface area contributed by atoms with Crippen LogP contribution in [-0.2, 0) is 9.53 Å². The van der Waals surface area contributed by atoms with E-state index in [9.17, 15) is 22.8 Å². The third kappa shape index (κ3) is 4.55. The molecule has 0 atom stereocenters. The minimum Gasteiger partial charge on any atom is -0.460 e. The highest BCUT2D eigenvalue weighted by atomic mass is 79.9. The van der Waals surface area contributed by atoms with Crippen LogP contribution in [0.15, 0.2) is 22.7 Å². The Kier molecular flexibility index (Phi) is 4.93. The Bertz CT molecular complexity index is 499. The van der Waals surface area contributed by atoms with Crippen LogP contribution in [0.4, 0.5) is 13.2 Å². The lowest BCUT2D eigenvalue weighted by Gasteiger charge is -2.12. The van der Waals surface area contributed by atoms with Gasteiger partial charge >= 0.3 is 12.3 Å². The van der Waals surface area contributed by atoms with Gasteiger partial charge in [-0.25, -0.2) is 4.79 Å². The Labute approximate surface area is 114 Å². The zero-order chi connectivity index (χ0) is 14.6. The molecule has 0 heterocycles. The lowest BCUT2D eigenvalue weighted by atomic mass is 10.1. The topological polar surface area (TPSA) is 52.6 Å². The van der Waals surface area contributed by atoms with E-state index in [1.54, 1.807) is 0 Å². The highest BCUT2D eigenvalue weighted by Gasteiger charge is 2.34. The standard InChI is InChI=1S/C11H8BrF3O4/c1-2-18-10(17)9(16)7-4-3-6(12)5-8(7)19-11(13,14)15/h3-5H,2H2,1H3. The van der Waals surface area contributed by atoms with Crippen LogP contribution in [-0.4, -0.2) is 24.7 Å². The van der Waals surface area contributed by atoms with Crippen LogP contribution in [0.3, 0.4) is 0 Å². The number of carbonyl (C=O) groups excluding carboxylic acids is 2. The van der Waals surface area contributed by atoms with Crippen LogP contribution in [0.1, 0.15) is 17.3 Å². The first-order chi connectivity index (χ1) is 8.74. The zero-order valence-corrected chi connectivity index (χ0v) is 11.2. The molecule has 0 unspecified atom stereocenters. The zero-order valence-electron chi connectivity index (χ0n) is 9.58. The van der Waals surface area contributed by atoms with Gasteiger partial charge < -0.3 is 9.47 Å². The Morgan fingerprint density at radius 2 is 1.95 bits per heavy atom. The molecule has 0 aliphatic rings. The van der Waals surface area contributed by atoms with Gasteiger partial charge in [-0.3, -0.25) is 4.79 Å². The Hall–Kier alpha value is -1.57. The van der Waals surface area contributed by atoms with Crippen molar-refractivity contribution >= 4 is 27.7 Å². The van der Waals surface area contributed by atoms with Crippen molar-refractivity contribution in [3.8, 4) is 5.75 Å². The molecule has 4 nitrogen and oxygen atoms in total. The van der Waals surface area contributed by atoms with E-state index in [1.165, 1.54) is 13.0 Å². The lowest BCUT2D eigenvalue weighted by Crippen LogP contribution is -2.22. The fourth-order valence-electron chi connectivity index (χ4n) is 1.20. The molecule has 0 aliphatic carbocycles. The average molecular weight is 341 g/mol. The van der Waals surface area contributed by atoms with Gasteiger partial charge in [0.25, 0.3) is 5.78 Å². The number of ether oxygens (including phenoxy) is 2. The number of ketones is 1. The maximum Gasteiger partial charge on any atom is 0.573 e. The lowest BCUT2D eigenvalue weighted by molar-refractivity contribution is -0.274. The molecule has 104 valence electrons. The van der Waals surface area contributed by atoms with Crippen LogP contribution in [0.25, 0.3) is 0 Å². The van der Waals surface area contributed by atoms with Gasteiger partial charge in [-0.1, -0.05) is 15.9 Å². The predicted octanol–water partition coefficient (Wildman–Crippen LogP) is 3.09. The summed E-state index contributed by atoms with van der Waals surface area (Å²) in [4.78, 5) is 22.8. The van der Waals surface area contributed by atoms with Crippen molar-refractivity contribution in [2.24, 2.45) is 0 Å². The Morgan fingerprint density at radius 3 is 2.47 bits per heavy atom. The molecule has 0 saturated carbocycles. The molecule has 0 saturated heterocycles. The summed E-state index contributed by atoms with van der Waals surface area (Å²) in [5, 5.41) is 0. The van der Waals surface area contributed by atoms with Gasteiger partial charge in [-0.05, 0) is 25.1 Å². The number of benzene rings is 1. The second kappa shape index (κ2) is 6.05. The fourth-order valence-corrected chi connectivity index (χ4v) is 1.54. The molecule has 0 spiro atoms. The minimum absolute atomic E-state index is 0.0590. The molecule has 0 fully saturated rings. The number of esters is 1. The van der Waals surface area contributed by atoms with Crippen LogP contribution in [0.2, 0.25) is 0 Å². The van der Waals surface area contributed by atoms with Crippen molar-refractivity contribution < 1.29 is 32.2 Å². The number of Topliss-reactive ketones (excluding diaryl/α,β-unsaturated/α-hetero) is 1. The molecule has 1 rings (SSSR count). The maximum absolute atomic E-state index is 12.2. The van der Waals surface area contributed by atoms with Gasteiger partial charge in [0.15, 0.2) is 0 Å². The van der Waals surface area contributed by atoms with E-state index in [2.05, 4.69) is 25.4 Å². The van der Waals surface area contributed by atoms with Crippen LogP contribution in [0.5, 0.6) is 5.75 Å².